The molecule has 1 aliphatic heterocycles. The van der Waals surface area contributed by atoms with E-state index in [-0.39, 0.29) is 0 Å². The standard InChI is InChI=1S/C15H21N7S/c1-10(2)11-8-12(17-16-11)14-20-22-13(18-19-15(22)23-14)9-21-6-4-3-5-7-21/h8,10H,3-7,9H2,1-2H3,(H,16,17). The number of H-pyrrole nitrogens is 1. The minimum atomic E-state index is 0.427. The molecule has 0 atom stereocenters. The maximum Gasteiger partial charge on any atom is 0.235 e. The highest BCUT2D eigenvalue weighted by Gasteiger charge is 2.18. The lowest BCUT2D eigenvalue weighted by Crippen LogP contribution is -2.30. The summed E-state index contributed by atoms with van der Waals surface area (Å²) >= 11 is 1.54. The Bertz CT molecular complexity index is 794. The Morgan fingerprint density at radius 2 is 2.04 bits per heavy atom. The van der Waals surface area contributed by atoms with Gasteiger partial charge in [-0.25, -0.2) is 0 Å². The van der Waals surface area contributed by atoms with E-state index in [9.17, 15) is 0 Å². The van der Waals surface area contributed by atoms with Gasteiger partial charge in [-0.15, -0.1) is 10.2 Å². The van der Waals surface area contributed by atoms with Gasteiger partial charge < -0.3 is 0 Å². The van der Waals surface area contributed by atoms with Crippen molar-refractivity contribution in [2.24, 2.45) is 0 Å². The molecule has 122 valence electrons. The first-order chi connectivity index (χ1) is 11.2. The molecule has 0 saturated carbocycles. The average Bonchev–Trinajstić information content (AvgIpc) is 3.24. The number of nitrogens with one attached hydrogen (secondary N) is 1. The Labute approximate surface area is 138 Å². The third-order valence-electron chi connectivity index (χ3n) is 4.31. The largest absolute Gasteiger partial charge is 0.296 e. The Balaban J connectivity index is 1.60. The minimum Gasteiger partial charge on any atom is -0.296 e. The van der Waals surface area contributed by atoms with Crippen LogP contribution in [-0.4, -0.2) is 48.0 Å². The molecule has 7 nitrogen and oxygen atoms in total. The second-order valence-electron chi connectivity index (χ2n) is 6.42. The van der Waals surface area contributed by atoms with Crippen LogP contribution in [0, 0.1) is 0 Å². The van der Waals surface area contributed by atoms with Gasteiger partial charge in [-0.1, -0.05) is 31.6 Å². The van der Waals surface area contributed by atoms with Gasteiger partial charge in [0, 0.05) is 5.69 Å². The van der Waals surface area contributed by atoms with Crippen molar-refractivity contribution in [2.75, 3.05) is 13.1 Å². The van der Waals surface area contributed by atoms with Crippen LogP contribution < -0.4 is 0 Å². The number of fused-ring (bicyclic) bond motifs is 1. The Hall–Kier alpha value is -1.80. The fourth-order valence-corrected chi connectivity index (χ4v) is 3.74. The van der Waals surface area contributed by atoms with Crippen LogP contribution in [0.3, 0.4) is 0 Å². The summed E-state index contributed by atoms with van der Waals surface area (Å²) in [7, 11) is 0. The lowest BCUT2D eigenvalue weighted by atomic mass is 10.1. The van der Waals surface area contributed by atoms with E-state index < -0.39 is 0 Å². The third kappa shape index (κ3) is 2.88. The number of aromatic amines is 1. The van der Waals surface area contributed by atoms with Crippen LogP contribution in [0.5, 0.6) is 0 Å². The number of aromatic nitrogens is 6. The van der Waals surface area contributed by atoms with Gasteiger partial charge in [-0.05, 0) is 37.9 Å². The average molecular weight is 331 g/mol. The summed E-state index contributed by atoms with van der Waals surface area (Å²) in [5.41, 5.74) is 2.01. The van der Waals surface area contributed by atoms with Gasteiger partial charge in [-0.2, -0.15) is 14.7 Å². The first kappa shape index (κ1) is 14.8. The molecule has 0 radical (unpaired) electrons. The summed E-state index contributed by atoms with van der Waals surface area (Å²) in [4.78, 5) is 3.27. The zero-order valence-corrected chi connectivity index (χ0v) is 14.3. The van der Waals surface area contributed by atoms with Gasteiger partial charge in [0.25, 0.3) is 0 Å². The van der Waals surface area contributed by atoms with Crippen molar-refractivity contribution in [3.8, 4) is 10.7 Å². The van der Waals surface area contributed by atoms with Gasteiger partial charge in [0.1, 0.15) is 5.69 Å². The van der Waals surface area contributed by atoms with E-state index >= 15 is 0 Å². The first-order valence-corrected chi connectivity index (χ1v) is 9.01. The van der Waals surface area contributed by atoms with E-state index in [0.717, 1.165) is 46.8 Å². The predicted octanol–water partition coefficient (Wildman–Crippen LogP) is 2.69. The molecule has 0 amide bonds. The lowest BCUT2D eigenvalue weighted by Gasteiger charge is -2.25. The predicted molar refractivity (Wildman–Crippen MR) is 89.5 cm³/mol. The second-order valence-corrected chi connectivity index (χ2v) is 7.37. The molecule has 0 spiro atoms. The number of rotatable bonds is 4. The van der Waals surface area contributed by atoms with Crippen molar-refractivity contribution in [1.29, 1.82) is 0 Å². The number of piperidine rings is 1. The molecule has 23 heavy (non-hydrogen) atoms. The van der Waals surface area contributed by atoms with Gasteiger partial charge in [0.05, 0.1) is 6.54 Å². The molecule has 1 fully saturated rings. The van der Waals surface area contributed by atoms with Crippen LogP contribution in [0.2, 0.25) is 0 Å². The van der Waals surface area contributed by atoms with Crippen molar-refractivity contribution in [3.05, 3.63) is 17.6 Å². The highest BCUT2D eigenvalue weighted by Crippen LogP contribution is 2.26. The molecule has 4 rings (SSSR count). The summed E-state index contributed by atoms with van der Waals surface area (Å²) in [5.74, 6) is 1.35. The Morgan fingerprint density at radius 1 is 1.22 bits per heavy atom. The fourth-order valence-electron chi connectivity index (χ4n) is 2.92. The number of hydrogen-bond donors (Lipinski definition) is 1. The van der Waals surface area contributed by atoms with E-state index in [1.54, 1.807) is 0 Å². The summed E-state index contributed by atoms with van der Waals surface area (Å²) in [6.07, 6.45) is 3.88. The molecular formula is C15H21N7S. The first-order valence-electron chi connectivity index (χ1n) is 8.20. The lowest BCUT2D eigenvalue weighted by molar-refractivity contribution is 0.214. The minimum absolute atomic E-state index is 0.427. The highest BCUT2D eigenvalue weighted by molar-refractivity contribution is 7.19. The molecule has 1 N–H and O–H groups in total. The monoisotopic (exact) mass is 331 g/mol. The van der Waals surface area contributed by atoms with Crippen LogP contribution in [0.1, 0.15) is 50.5 Å². The fraction of sp³-hybridized carbons (Fsp3) is 0.600. The Kier molecular flexibility index (Phi) is 3.86. The van der Waals surface area contributed by atoms with Crippen molar-refractivity contribution >= 4 is 16.3 Å². The van der Waals surface area contributed by atoms with Crippen molar-refractivity contribution in [3.63, 3.8) is 0 Å². The SMILES string of the molecule is CC(C)c1cc(-c2nn3c(CN4CCCCC4)nnc3s2)n[nH]1. The molecule has 0 aromatic carbocycles. The summed E-state index contributed by atoms with van der Waals surface area (Å²) in [6.45, 7) is 7.40. The van der Waals surface area contributed by atoms with Gasteiger partial charge in [0.2, 0.25) is 4.96 Å². The highest BCUT2D eigenvalue weighted by atomic mass is 32.1. The van der Waals surface area contributed by atoms with E-state index in [1.165, 1.54) is 30.6 Å². The normalized spacial score (nSPS) is 16.7. The quantitative estimate of drug-likeness (QED) is 0.795. The van der Waals surface area contributed by atoms with Crippen molar-refractivity contribution in [2.45, 2.75) is 45.6 Å². The zero-order valence-electron chi connectivity index (χ0n) is 13.5. The molecule has 3 aromatic rings. The second kappa shape index (κ2) is 6.01. The topological polar surface area (TPSA) is 75.0 Å². The number of nitrogens with zero attached hydrogens (tertiary/aromatic N) is 6. The summed E-state index contributed by atoms with van der Waals surface area (Å²) < 4.78 is 1.87. The molecule has 1 saturated heterocycles. The summed E-state index contributed by atoms with van der Waals surface area (Å²) in [6, 6.07) is 2.07. The molecule has 8 heteroatoms. The van der Waals surface area contributed by atoms with Crippen LogP contribution in [0.15, 0.2) is 6.07 Å². The van der Waals surface area contributed by atoms with Gasteiger partial charge in [-0.3, -0.25) is 10.00 Å². The molecule has 4 heterocycles. The number of likely N-dealkylation sites (tertiary alicyclic amines) is 1. The van der Waals surface area contributed by atoms with Crippen LogP contribution in [0.4, 0.5) is 0 Å². The smallest absolute Gasteiger partial charge is 0.235 e. The van der Waals surface area contributed by atoms with E-state index in [1.807, 2.05) is 4.52 Å². The van der Waals surface area contributed by atoms with Crippen molar-refractivity contribution in [1.82, 2.24) is 34.9 Å². The van der Waals surface area contributed by atoms with E-state index in [0.29, 0.717) is 5.92 Å². The summed E-state index contributed by atoms with van der Waals surface area (Å²) in [5, 5.41) is 21.6. The van der Waals surface area contributed by atoms with Gasteiger partial charge >= 0.3 is 0 Å². The number of hydrogen-bond acceptors (Lipinski definition) is 6. The van der Waals surface area contributed by atoms with Crippen molar-refractivity contribution < 1.29 is 0 Å². The Morgan fingerprint density at radius 3 is 2.78 bits per heavy atom. The molecule has 0 aliphatic carbocycles. The molecule has 1 aliphatic rings. The maximum atomic E-state index is 4.68. The molecule has 0 unspecified atom stereocenters. The molecule has 0 bridgehead atoms. The van der Waals surface area contributed by atoms with Crippen LogP contribution in [-0.2, 0) is 6.54 Å². The van der Waals surface area contributed by atoms with E-state index in [4.69, 9.17) is 0 Å². The zero-order chi connectivity index (χ0) is 15.8. The van der Waals surface area contributed by atoms with Crippen LogP contribution in [0.25, 0.3) is 15.7 Å². The maximum absolute atomic E-state index is 4.68. The van der Waals surface area contributed by atoms with Crippen LogP contribution >= 0.6 is 11.3 Å². The van der Waals surface area contributed by atoms with E-state index in [2.05, 4.69) is 50.3 Å². The third-order valence-corrected chi connectivity index (χ3v) is 5.23. The molecular weight excluding hydrogens is 310 g/mol. The molecule has 3 aromatic heterocycles. The van der Waals surface area contributed by atoms with Gasteiger partial charge in [0.15, 0.2) is 10.8 Å².